The lowest BCUT2D eigenvalue weighted by Gasteiger charge is -2.23. The lowest BCUT2D eigenvalue weighted by atomic mass is 10.1. The molecule has 3 aromatic heterocycles. The first kappa shape index (κ1) is 68.4. The number of unbranched alkanes of at least 4 members (excludes halogenated alkanes) is 2. The molecular weight excluding hydrogens is 1130 g/mol. The maximum Gasteiger partial charge on any atom is 0.326 e. The average Bonchev–Trinajstić information content (AvgIpc) is 3.99. The van der Waals surface area contributed by atoms with Gasteiger partial charge in [-0.3, -0.25) is 43.9 Å². The Morgan fingerprint density at radius 2 is 0.976 bits per heavy atom. The van der Waals surface area contributed by atoms with Gasteiger partial charge in [0.05, 0.1) is 22.2 Å². The predicted octanol–water partition coefficient (Wildman–Crippen LogP) is 0.734. The van der Waals surface area contributed by atoms with Crippen molar-refractivity contribution in [3.8, 4) is 0 Å². The number of carbonyl (C=O) groups is 9. The lowest BCUT2D eigenvalue weighted by Crippen LogP contribution is -2.51. The van der Waals surface area contributed by atoms with Crippen molar-refractivity contribution in [3.05, 3.63) is 56.4 Å². The Hall–Kier alpha value is -9.84. The van der Waals surface area contributed by atoms with Gasteiger partial charge in [0.15, 0.2) is 0 Å². The summed E-state index contributed by atoms with van der Waals surface area (Å²) in [7, 11) is 0. The molecule has 3 heterocycles. The Kier molecular flexibility index (Phi) is 29.7. The Balaban J connectivity index is 1.63. The number of urea groups is 2. The summed E-state index contributed by atoms with van der Waals surface area (Å²) in [5.41, 5.74) is -0.238. The number of hydrogen-bond acceptors (Lipinski definition) is 22. The van der Waals surface area contributed by atoms with E-state index in [0.29, 0.717) is 12.1 Å². The number of carbonyl (C=O) groups excluding carboxylic acids is 3. The zero-order valence-electron chi connectivity index (χ0n) is 45.2. The fourth-order valence-electron chi connectivity index (χ4n) is 7.65. The minimum atomic E-state index is -1.59. The first-order valence-electron chi connectivity index (χ1n) is 26.1. The fourth-order valence-corrected chi connectivity index (χ4v) is 7.65. The standard InChI is InChI=1S/C47H68FN17O19/c48-17-5-6-28-26-63(61-60-28)27-37(66)51-22-25-62(23-20-49-35-13-11-33(64(81)82)40(58-35)52-18-3-1-7-29(42(71)72)54-46(79)56-31(44(75)76)9-15-38(67)68)24-21-50-36-14-12-34(65(83)84)41(59-36)53-19-4-2-8-30(43(73)74)55-47(80)57-32(45(77)78)10-16-39(69)70/h11-14,26,29-32H,1-10,15-25,27H2,(H,51,66)(H,67,68)(H,69,70)(H,71,72)(H,73,74)(H,75,76)(H,77,78)(H2,49,52,58)(H2,50,53,59)(H2,54,56,79)(H2,55,57,80)/t29-,30-,31-,32-/m0/s1. The Bertz CT molecular complexity index is 2590. The second-order valence-corrected chi connectivity index (χ2v) is 18.4. The molecule has 0 spiro atoms. The van der Waals surface area contributed by atoms with Crippen LogP contribution in [0, 0.1) is 20.2 Å². The number of pyridine rings is 2. The van der Waals surface area contributed by atoms with E-state index in [9.17, 15) is 88.2 Å². The number of aromatic nitrogens is 5. The summed E-state index contributed by atoms with van der Waals surface area (Å²) in [4.78, 5) is 139. The van der Waals surface area contributed by atoms with Crippen LogP contribution in [0.1, 0.15) is 76.3 Å². The number of nitrogens with zero attached hydrogens (tertiary/aromatic N) is 8. The van der Waals surface area contributed by atoms with Crippen LogP contribution in [0.15, 0.2) is 30.5 Å². The van der Waals surface area contributed by atoms with Gasteiger partial charge in [0.1, 0.15) is 42.3 Å². The molecule has 0 aromatic carbocycles. The highest BCUT2D eigenvalue weighted by molar-refractivity contribution is 5.87. The molecule has 0 bridgehead atoms. The van der Waals surface area contributed by atoms with Crippen LogP contribution < -0.4 is 47.9 Å². The minimum Gasteiger partial charge on any atom is -0.481 e. The van der Waals surface area contributed by atoms with E-state index in [4.69, 9.17) is 10.2 Å². The smallest absolute Gasteiger partial charge is 0.326 e. The molecule has 3 aromatic rings. The second-order valence-electron chi connectivity index (χ2n) is 18.4. The number of carboxylic acids is 6. The summed E-state index contributed by atoms with van der Waals surface area (Å²) >= 11 is 0. The van der Waals surface area contributed by atoms with Crippen molar-refractivity contribution in [2.24, 2.45) is 0 Å². The van der Waals surface area contributed by atoms with E-state index in [0.717, 1.165) is 0 Å². The van der Waals surface area contributed by atoms with Gasteiger partial charge in [0.25, 0.3) is 0 Å². The molecule has 0 aliphatic heterocycles. The van der Waals surface area contributed by atoms with Crippen molar-refractivity contribution in [2.45, 2.75) is 108 Å². The molecule has 0 radical (unpaired) electrons. The van der Waals surface area contributed by atoms with E-state index in [2.05, 4.69) is 57.5 Å². The zero-order chi connectivity index (χ0) is 62.1. The van der Waals surface area contributed by atoms with Crippen molar-refractivity contribution < 1.29 is 88.0 Å². The highest BCUT2D eigenvalue weighted by Gasteiger charge is 2.27. The van der Waals surface area contributed by atoms with E-state index < -0.39 is 120 Å². The average molecular weight is 1190 g/mol. The van der Waals surface area contributed by atoms with Crippen LogP contribution in [0.4, 0.5) is 48.6 Å². The van der Waals surface area contributed by atoms with Crippen molar-refractivity contribution in [3.63, 3.8) is 0 Å². The molecule has 4 atom stereocenters. The van der Waals surface area contributed by atoms with Crippen LogP contribution in [0.25, 0.3) is 0 Å². The maximum absolute atomic E-state index is 12.8. The van der Waals surface area contributed by atoms with E-state index >= 15 is 0 Å². The van der Waals surface area contributed by atoms with E-state index in [-0.39, 0.29) is 138 Å². The minimum absolute atomic E-state index is 0.0637. The summed E-state index contributed by atoms with van der Waals surface area (Å²) in [6.45, 7) is 0.801. The number of aliphatic carboxylic acids is 6. The van der Waals surface area contributed by atoms with Gasteiger partial charge < -0.3 is 78.5 Å². The van der Waals surface area contributed by atoms with Crippen LogP contribution in [-0.4, -0.2) is 207 Å². The molecule has 37 heteroatoms. The number of alkyl halides is 1. The lowest BCUT2D eigenvalue weighted by molar-refractivity contribution is -0.384. The number of hydrogen-bond donors (Lipinski definition) is 15. The molecule has 5 amide bonds. The van der Waals surface area contributed by atoms with E-state index in [1.165, 1.54) is 35.1 Å². The van der Waals surface area contributed by atoms with Crippen molar-refractivity contribution in [1.29, 1.82) is 0 Å². The fraction of sp³-hybridized carbons (Fsp3) is 0.553. The maximum atomic E-state index is 12.8. The van der Waals surface area contributed by atoms with Gasteiger partial charge in [0.2, 0.25) is 17.5 Å². The Morgan fingerprint density at radius 3 is 1.37 bits per heavy atom. The molecule has 0 unspecified atom stereocenters. The summed E-state index contributed by atoms with van der Waals surface area (Å²) in [5.74, 6) is -8.71. The van der Waals surface area contributed by atoms with Gasteiger partial charge in [-0.1, -0.05) is 5.21 Å². The van der Waals surface area contributed by atoms with Gasteiger partial charge in [-0.05, 0) is 76.3 Å². The van der Waals surface area contributed by atoms with Crippen LogP contribution in [-0.2, 0) is 46.5 Å². The molecule has 0 saturated carbocycles. The topological polar surface area (TPSA) is 529 Å². The molecular formula is C47H68FN17O19. The number of carboxylic acid groups (broad SMARTS) is 6. The van der Waals surface area contributed by atoms with Gasteiger partial charge in [-0.15, -0.1) is 5.10 Å². The van der Waals surface area contributed by atoms with E-state index in [1.807, 2.05) is 15.5 Å². The van der Waals surface area contributed by atoms with Crippen molar-refractivity contribution >= 4 is 88.4 Å². The first-order valence-corrected chi connectivity index (χ1v) is 26.1. The molecule has 0 fully saturated rings. The van der Waals surface area contributed by atoms with Gasteiger partial charge >= 0.3 is 59.3 Å². The molecule has 462 valence electrons. The normalized spacial score (nSPS) is 12.3. The largest absolute Gasteiger partial charge is 0.481 e. The third-order valence-electron chi connectivity index (χ3n) is 11.9. The SMILES string of the molecule is O=C(O)CC[C@H](NC(=O)N[C@@H](CCCCNc1nc(NCCN(CCNC(=O)Cn2cc(CCCF)nn2)CCNc2ccc([N+](=O)[O-])c(NCCCC[C@H](NC(=O)N[C@@H](CCC(=O)O)C(=O)O)C(=O)O)n2)ccc1[N+](=O)[O-])C(=O)O)C(=O)O. The summed E-state index contributed by atoms with van der Waals surface area (Å²) in [5, 5.41) is 110. The monoisotopic (exact) mass is 1190 g/mol. The number of amides is 5. The summed E-state index contributed by atoms with van der Waals surface area (Å²) < 4.78 is 14.0. The second kappa shape index (κ2) is 36.5. The van der Waals surface area contributed by atoms with Crippen LogP contribution >= 0.6 is 0 Å². The van der Waals surface area contributed by atoms with Gasteiger partial charge in [0, 0.05) is 83.5 Å². The van der Waals surface area contributed by atoms with Gasteiger partial charge in [-0.2, -0.15) is 0 Å². The molecule has 0 aliphatic carbocycles. The molecule has 0 aliphatic rings. The van der Waals surface area contributed by atoms with Crippen molar-refractivity contribution in [2.75, 3.05) is 80.3 Å². The highest BCUT2D eigenvalue weighted by Crippen LogP contribution is 2.25. The Morgan fingerprint density at radius 1 is 0.560 bits per heavy atom. The summed E-state index contributed by atoms with van der Waals surface area (Å²) in [6, 6.07) is -3.22. The quantitative estimate of drug-likeness (QED) is 0.0211. The van der Waals surface area contributed by atoms with Crippen LogP contribution in [0.2, 0.25) is 0 Å². The molecule has 0 saturated heterocycles. The Labute approximate surface area is 476 Å². The number of rotatable bonds is 44. The third-order valence-corrected chi connectivity index (χ3v) is 11.9. The van der Waals surface area contributed by atoms with E-state index in [1.54, 1.807) is 0 Å². The van der Waals surface area contributed by atoms with Crippen LogP contribution in [0.3, 0.4) is 0 Å². The summed E-state index contributed by atoms with van der Waals surface area (Å²) in [6.07, 6.45) is 0.625. The predicted molar refractivity (Wildman–Crippen MR) is 290 cm³/mol. The first-order chi connectivity index (χ1) is 39.9. The number of nitro groups is 2. The highest BCUT2D eigenvalue weighted by atomic mass is 19.1. The number of halogens is 1. The number of nitrogens with one attached hydrogen (secondary N) is 9. The number of aryl methyl sites for hydroxylation is 1. The zero-order valence-corrected chi connectivity index (χ0v) is 45.2. The van der Waals surface area contributed by atoms with Crippen LogP contribution in [0.5, 0.6) is 0 Å². The number of anilines is 4. The third kappa shape index (κ3) is 26.6. The molecule has 84 heavy (non-hydrogen) atoms. The van der Waals surface area contributed by atoms with Gasteiger partial charge in [-0.25, -0.2) is 43.4 Å². The molecule has 15 N–H and O–H groups in total. The van der Waals surface area contributed by atoms with Crippen molar-refractivity contribution in [1.82, 2.24) is 56.4 Å². The molecule has 36 nitrogen and oxygen atoms in total. The molecule has 3 rings (SSSR count).